The lowest BCUT2D eigenvalue weighted by Gasteiger charge is -2.12. The first-order valence-electron chi connectivity index (χ1n) is 4.32. The molecule has 0 heterocycles. The van der Waals surface area contributed by atoms with Gasteiger partial charge in [-0.05, 0) is 25.7 Å². The van der Waals surface area contributed by atoms with Crippen molar-refractivity contribution in [1.82, 2.24) is 5.32 Å². The highest BCUT2D eigenvalue weighted by Crippen LogP contribution is 2.14. The predicted molar refractivity (Wildman–Crippen MR) is 45.0 cm³/mol. The van der Waals surface area contributed by atoms with E-state index in [9.17, 15) is 4.79 Å². The zero-order valence-electron chi connectivity index (χ0n) is 7.02. The van der Waals surface area contributed by atoms with Crippen LogP contribution in [0.2, 0.25) is 0 Å². The van der Waals surface area contributed by atoms with Crippen LogP contribution in [0.1, 0.15) is 39.0 Å². The largest absolute Gasteiger partial charge is 0.330 e. The Bertz CT molecular complexity index is 172. The van der Waals surface area contributed by atoms with E-state index in [4.69, 9.17) is 0 Å². The first-order chi connectivity index (χ1) is 5.33. The van der Waals surface area contributed by atoms with E-state index in [-0.39, 0.29) is 5.91 Å². The van der Waals surface area contributed by atoms with Crippen molar-refractivity contribution in [2.45, 2.75) is 39.0 Å². The molecule has 1 aliphatic carbocycles. The van der Waals surface area contributed by atoms with Gasteiger partial charge >= 0.3 is 0 Å². The Morgan fingerprint density at radius 3 is 3.00 bits per heavy atom. The molecule has 0 saturated carbocycles. The molecule has 11 heavy (non-hydrogen) atoms. The zero-order chi connectivity index (χ0) is 8.10. The van der Waals surface area contributed by atoms with Gasteiger partial charge in [-0.1, -0.05) is 13.0 Å². The lowest BCUT2D eigenvalue weighted by atomic mass is 10.0. The Morgan fingerprint density at radius 1 is 1.64 bits per heavy atom. The summed E-state index contributed by atoms with van der Waals surface area (Å²) in [5, 5.41) is 2.89. The monoisotopic (exact) mass is 153 g/mol. The fourth-order valence-corrected chi connectivity index (χ4v) is 1.22. The lowest BCUT2D eigenvalue weighted by molar-refractivity contribution is -0.120. The highest BCUT2D eigenvalue weighted by Gasteiger charge is 2.04. The molecule has 62 valence electrons. The van der Waals surface area contributed by atoms with Gasteiger partial charge in [0.1, 0.15) is 0 Å². The third-order valence-electron chi connectivity index (χ3n) is 1.91. The summed E-state index contributed by atoms with van der Waals surface area (Å²) >= 11 is 0. The molecule has 1 amide bonds. The van der Waals surface area contributed by atoms with Crippen LogP contribution < -0.4 is 5.32 Å². The van der Waals surface area contributed by atoms with E-state index in [0.29, 0.717) is 6.42 Å². The van der Waals surface area contributed by atoms with Gasteiger partial charge in [-0.15, -0.1) is 0 Å². The van der Waals surface area contributed by atoms with Gasteiger partial charge in [0.25, 0.3) is 0 Å². The molecular weight excluding hydrogens is 138 g/mol. The van der Waals surface area contributed by atoms with E-state index >= 15 is 0 Å². The number of amides is 1. The minimum atomic E-state index is 0.137. The third kappa shape index (κ3) is 2.74. The van der Waals surface area contributed by atoms with E-state index in [1.54, 1.807) is 0 Å². The van der Waals surface area contributed by atoms with Crippen LogP contribution in [0.25, 0.3) is 0 Å². The van der Waals surface area contributed by atoms with Gasteiger partial charge in [-0.2, -0.15) is 0 Å². The Labute approximate surface area is 67.7 Å². The second-order valence-electron chi connectivity index (χ2n) is 2.88. The zero-order valence-corrected chi connectivity index (χ0v) is 7.02. The molecule has 0 aliphatic heterocycles. The second kappa shape index (κ2) is 4.16. The van der Waals surface area contributed by atoms with Crippen LogP contribution in [0.3, 0.4) is 0 Å². The predicted octanol–water partition coefficient (Wildman–Crippen LogP) is 1.97. The first kappa shape index (κ1) is 8.31. The SMILES string of the molecule is CCC(=O)NC1=CCCCC1. The number of carbonyl (C=O) groups is 1. The van der Waals surface area contributed by atoms with E-state index in [2.05, 4.69) is 11.4 Å². The standard InChI is InChI=1S/C9H15NO/c1-2-9(11)10-8-6-4-3-5-7-8/h6H,2-5,7H2,1H3,(H,10,11). The van der Waals surface area contributed by atoms with Gasteiger partial charge in [-0.3, -0.25) is 4.79 Å². The average Bonchev–Trinajstić information content (AvgIpc) is 2.06. The summed E-state index contributed by atoms with van der Waals surface area (Å²) < 4.78 is 0. The average molecular weight is 153 g/mol. The van der Waals surface area contributed by atoms with Crippen LogP contribution >= 0.6 is 0 Å². The van der Waals surface area contributed by atoms with E-state index in [1.165, 1.54) is 12.8 Å². The maximum Gasteiger partial charge on any atom is 0.223 e. The van der Waals surface area contributed by atoms with Crippen molar-refractivity contribution in [3.05, 3.63) is 11.8 Å². The molecule has 1 aliphatic rings. The quantitative estimate of drug-likeness (QED) is 0.645. The molecule has 0 bridgehead atoms. The number of hydrogen-bond donors (Lipinski definition) is 1. The molecule has 0 spiro atoms. The van der Waals surface area contributed by atoms with Gasteiger partial charge in [0.05, 0.1) is 0 Å². The van der Waals surface area contributed by atoms with Gasteiger partial charge < -0.3 is 5.32 Å². The molecule has 0 aromatic heterocycles. The number of allylic oxidation sites excluding steroid dienone is 2. The number of carbonyl (C=O) groups excluding carboxylic acids is 1. The molecule has 1 rings (SSSR count). The van der Waals surface area contributed by atoms with Crippen molar-refractivity contribution in [3.63, 3.8) is 0 Å². The van der Waals surface area contributed by atoms with Crippen LogP contribution in [0, 0.1) is 0 Å². The molecule has 2 nitrogen and oxygen atoms in total. The fourth-order valence-electron chi connectivity index (χ4n) is 1.22. The normalized spacial score (nSPS) is 17.4. The highest BCUT2D eigenvalue weighted by atomic mass is 16.1. The fraction of sp³-hybridized carbons (Fsp3) is 0.667. The lowest BCUT2D eigenvalue weighted by Crippen LogP contribution is -2.22. The van der Waals surface area contributed by atoms with Crippen LogP contribution in [-0.4, -0.2) is 5.91 Å². The Kier molecular flexibility index (Phi) is 3.14. The topological polar surface area (TPSA) is 29.1 Å². The van der Waals surface area contributed by atoms with Gasteiger partial charge in [0.2, 0.25) is 5.91 Å². The summed E-state index contributed by atoms with van der Waals surface area (Å²) in [4.78, 5) is 10.9. The third-order valence-corrected chi connectivity index (χ3v) is 1.91. The molecule has 1 N–H and O–H groups in total. The summed E-state index contributed by atoms with van der Waals surface area (Å²) in [5.74, 6) is 0.137. The molecule has 2 heteroatoms. The number of hydrogen-bond acceptors (Lipinski definition) is 1. The van der Waals surface area contributed by atoms with E-state index < -0.39 is 0 Å². The van der Waals surface area contributed by atoms with Crippen molar-refractivity contribution in [3.8, 4) is 0 Å². The first-order valence-corrected chi connectivity index (χ1v) is 4.32. The molecule has 0 aromatic rings. The Balaban J connectivity index is 2.35. The summed E-state index contributed by atoms with van der Waals surface area (Å²) in [6.07, 6.45) is 7.38. The van der Waals surface area contributed by atoms with E-state index in [1.807, 2.05) is 6.92 Å². The second-order valence-corrected chi connectivity index (χ2v) is 2.88. The van der Waals surface area contributed by atoms with Crippen LogP contribution in [0.4, 0.5) is 0 Å². The number of rotatable bonds is 2. The van der Waals surface area contributed by atoms with Gasteiger partial charge in [0.15, 0.2) is 0 Å². The van der Waals surface area contributed by atoms with Gasteiger partial charge in [-0.25, -0.2) is 0 Å². The molecule has 0 fully saturated rings. The van der Waals surface area contributed by atoms with Gasteiger partial charge in [0, 0.05) is 12.1 Å². The van der Waals surface area contributed by atoms with Crippen molar-refractivity contribution in [1.29, 1.82) is 0 Å². The van der Waals surface area contributed by atoms with Crippen LogP contribution in [0.15, 0.2) is 11.8 Å². The van der Waals surface area contributed by atoms with Crippen molar-refractivity contribution >= 4 is 5.91 Å². The molecule has 0 radical (unpaired) electrons. The molecule has 0 atom stereocenters. The van der Waals surface area contributed by atoms with Crippen molar-refractivity contribution in [2.75, 3.05) is 0 Å². The van der Waals surface area contributed by atoms with Crippen molar-refractivity contribution in [2.24, 2.45) is 0 Å². The maximum atomic E-state index is 10.9. The maximum absolute atomic E-state index is 10.9. The summed E-state index contributed by atoms with van der Waals surface area (Å²) in [6.45, 7) is 1.87. The Morgan fingerprint density at radius 2 is 2.45 bits per heavy atom. The van der Waals surface area contributed by atoms with Crippen LogP contribution in [-0.2, 0) is 4.79 Å². The molecule has 0 aromatic carbocycles. The summed E-state index contributed by atoms with van der Waals surface area (Å²) in [7, 11) is 0. The minimum absolute atomic E-state index is 0.137. The van der Waals surface area contributed by atoms with E-state index in [0.717, 1.165) is 18.5 Å². The summed E-state index contributed by atoms with van der Waals surface area (Å²) in [6, 6.07) is 0. The molecule has 0 unspecified atom stereocenters. The van der Waals surface area contributed by atoms with Crippen molar-refractivity contribution < 1.29 is 4.79 Å². The number of nitrogens with one attached hydrogen (secondary N) is 1. The summed E-state index contributed by atoms with van der Waals surface area (Å²) in [5.41, 5.74) is 1.13. The molecule has 0 saturated heterocycles. The Hall–Kier alpha value is -0.790. The van der Waals surface area contributed by atoms with Crippen LogP contribution in [0.5, 0.6) is 0 Å². The smallest absolute Gasteiger partial charge is 0.223 e. The minimum Gasteiger partial charge on any atom is -0.330 e. The molecular formula is C9H15NO. The highest BCUT2D eigenvalue weighted by molar-refractivity contribution is 5.77.